The van der Waals surface area contributed by atoms with Crippen molar-refractivity contribution in [3.05, 3.63) is 54.9 Å². The average molecular weight is 199 g/mol. The van der Waals surface area contributed by atoms with Gasteiger partial charge >= 0.3 is 5.97 Å². The van der Waals surface area contributed by atoms with Gasteiger partial charge < -0.3 is 4.74 Å². The maximum atomic E-state index is 11.5. The van der Waals surface area contributed by atoms with Crippen molar-refractivity contribution < 1.29 is 9.53 Å². The molecule has 1 aromatic heterocycles. The number of hydrogen-bond acceptors (Lipinski definition) is 3. The number of benzene rings is 1. The van der Waals surface area contributed by atoms with Crippen LogP contribution in [0.4, 0.5) is 0 Å². The number of rotatable bonds is 2. The average Bonchev–Trinajstić information content (AvgIpc) is 2.28. The van der Waals surface area contributed by atoms with Gasteiger partial charge in [0.1, 0.15) is 0 Å². The monoisotopic (exact) mass is 199 g/mol. The van der Waals surface area contributed by atoms with Crippen molar-refractivity contribution in [1.29, 1.82) is 0 Å². The van der Waals surface area contributed by atoms with Crippen LogP contribution in [0.15, 0.2) is 49.4 Å². The lowest BCUT2D eigenvalue weighted by atomic mass is 10.1. The van der Waals surface area contributed by atoms with E-state index >= 15 is 0 Å². The second-order valence-corrected chi connectivity index (χ2v) is 2.95. The third kappa shape index (κ3) is 1.72. The highest BCUT2D eigenvalue weighted by Gasteiger charge is 2.10. The van der Waals surface area contributed by atoms with Crippen LogP contribution in [-0.4, -0.2) is 11.0 Å². The highest BCUT2D eigenvalue weighted by atomic mass is 16.5. The van der Waals surface area contributed by atoms with E-state index in [1.165, 1.54) is 0 Å². The van der Waals surface area contributed by atoms with E-state index in [9.17, 15) is 4.79 Å². The number of carbonyl (C=O) groups excluding carboxylic acids is 1. The summed E-state index contributed by atoms with van der Waals surface area (Å²) in [6, 6.07) is 9.09. The zero-order valence-corrected chi connectivity index (χ0v) is 8.01. The van der Waals surface area contributed by atoms with Gasteiger partial charge in [0.15, 0.2) is 0 Å². The topological polar surface area (TPSA) is 39.2 Å². The number of pyridine rings is 1. The Labute approximate surface area is 87.0 Å². The highest BCUT2D eigenvalue weighted by molar-refractivity contribution is 6.02. The molecule has 0 unspecified atom stereocenters. The summed E-state index contributed by atoms with van der Waals surface area (Å²) in [4.78, 5) is 15.7. The molecule has 1 heterocycles. The number of fused-ring (bicyclic) bond motifs is 1. The first-order chi connectivity index (χ1) is 7.33. The van der Waals surface area contributed by atoms with Gasteiger partial charge in [-0.15, -0.1) is 0 Å². The minimum atomic E-state index is -0.436. The van der Waals surface area contributed by atoms with Gasteiger partial charge in [-0.05, 0) is 12.1 Å². The van der Waals surface area contributed by atoms with Gasteiger partial charge in [0.05, 0.1) is 17.3 Å². The van der Waals surface area contributed by atoms with E-state index in [1.54, 1.807) is 18.3 Å². The molecule has 3 nitrogen and oxygen atoms in total. The number of esters is 1. The fourth-order valence-electron chi connectivity index (χ4n) is 1.41. The SMILES string of the molecule is C=COC(=O)c1cccc2cccnc12. The predicted molar refractivity (Wildman–Crippen MR) is 57.4 cm³/mol. The number of para-hydroxylation sites is 1. The molecular formula is C12H9NO2. The van der Waals surface area contributed by atoms with E-state index in [0.29, 0.717) is 11.1 Å². The van der Waals surface area contributed by atoms with Crippen LogP contribution in [0.2, 0.25) is 0 Å². The Morgan fingerprint density at radius 1 is 1.33 bits per heavy atom. The lowest BCUT2D eigenvalue weighted by Gasteiger charge is -2.02. The zero-order valence-electron chi connectivity index (χ0n) is 8.01. The van der Waals surface area contributed by atoms with E-state index < -0.39 is 5.97 Å². The summed E-state index contributed by atoms with van der Waals surface area (Å²) < 4.78 is 4.72. The standard InChI is InChI=1S/C12H9NO2/c1-2-15-12(14)10-7-3-5-9-6-4-8-13-11(9)10/h2-8H,1H2. The van der Waals surface area contributed by atoms with Crippen LogP contribution >= 0.6 is 0 Å². The van der Waals surface area contributed by atoms with Gasteiger partial charge in [-0.1, -0.05) is 24.8 Å². The van der Waals surface area contributed by atoms with Crippen molar-refractivity contribution in [2.24, 2.45) is 0 Å². The summed E-state index contributed by atoms with van der Waals surface area (Å²) in [6.45, 7) is 3.34. The summed E-state index contributed by atoms with van der Waals surface area (Å²) in [5.41, 5.74) is 1.10. The van der Waals surface area contributed by atoms with Crippen molar-refractivity contribution in [2.45, 2.75) is 0 Å². The molecule has 0 aliphatic heterocycles. The maximum Gasteiger partial charge on any atom is 0.345 e. The molecule has 0 saturated carbocycles. The molecule has 0 spiro atoms. The Bertz CT molecular complexity index is 515. The van der Waals surface area contributed by atoms with Crippen LogP contribution in [0.3, 0.4) is 0 Å². The van der Waals surface area contributed by atoms with E-state index in [1.807, 2.05) is 18.2 Å². The van der Waals surface area contributed by atoms with E-state index in [-0.39, 0.29) is 0 Å². The zero-order chi connectivity index (χ0) is 10.7. The summed E-state index contributed by atoms with van der Waals surface area (Å²) in [6.07, 6.45) is 2.76. The predicted octanol–water partition coefficient (Wildman–Crippen LogP) is 2.54. The second kappa shape index (κ2) is 3.92. The minimum Gasteiger partial charge on any atom is -0.431 e. The number of carbonyl (C=O) groups is 1. The van der Waals surface area contributed by atoms with Crippen molar-refractivity contribution in [3.8, 4) is 0 Å². The molecule has 0 atom stereocenters. The lowest BCUT2D eigenvalue weighted by molar-refractivity contribution is 0.0666. The third-order valence-electron chi connectivity index (χ3n) is 2.04. The summed E-state index contributed by atoms with van der Waals surface area (Å²) in [5, 5.41) is 0.913. The van der Waals surface area contributed by atoms with Gasteiger partial charge in [-0.3, -0.25) is 4.98 Å². The smallest absolute Gasteiger partial charge is 0.345 e. The summed E-state index contributed by atoms with van der Waals surface area (Å²) in [5.74, 6) is -0.436. The third-order valence-corrected chi connectivity index (χ3v) is 2.04. The first-order valence-corrected chi connectivity index (χ1v) is 4.48. The Kier molecular flexibility index (Phi) is 2.46. The van der Waals surface area contributed by atoms with Crippen LogP contribution in [-0.2, 0) is 4.74 Å². The summed E-state index contributed by atoms with van der Waals surface area (Å²) in [7, 11) is 0. The van der Waals surface area contributed by atoms with E-state index in [4.69, 9.17) is 4.74 Å². The van der Waals surface area contributed by atoms with Crippen LogP contribution < -0.4 is 0 Å². The van der Waals surface area contributed by atoms with Gasteiger partial charge in [-0.25, -0.2) is 4.79 Å². The molecule has 1 aromatic carbocycles. The molecular weight excluding hydrogens is 190 g/mol. The van der Waals surface area contributed by atoms with Crippen LogP contribution in [0.5, 0.6) is 0 Å². The van der Waals surface area contributed by atoms with E-state index in [2.05, 4.69) is 11.6 Å². The minimum absolute atomic E-state index is 0.436. The molecule has 0 bridgehead atoms. The first kappa shape index (κ1) is 9.40. The molecule has 3 heteroatoms. The van der Waals surface area contributed by atoms with Crippen LogP contribution in [0.1, 0.15) is 10.4 Å². The molecule has 0 fully saturated rings. The van der Waals surface area contributed by atoms with Gasteiger partial charge in [0.25, 0.3) is 0 Å². The largest absolute Gasteiger partial charge is 0.431 e. The molecule has 0 saturated heterocycles. The molecule has 2 aromatic rings. The quantitative estimate of drug-likeness (QED) is 0.551. The Morgan fingerprint density at radius 2 is 2.13 bits per heavy atom. The van der Waals surface area contributed by atoms with Crippen LogP contribution in [0, 0.1) is 0 Å². The molecule has 74 valence electrons. The number of ether oxygens (including phenoxy) is 1. The highest BCUT2D eigenvalue weighted by Crippen LogP contribution is 2.16. The number of aromatic nitrogens is 1. The maximum absolute atomic E-state index is 11.5. The Morgan fingerprint density at radius 3 is 2.93 bits per heavy atom. The molecule has 2 rings (SSSR count). The van der Waals surface area contributed by atoms with Crippen LogP contribution in [0.25, 0.3) is 10.9 Å². The van der Waals surface area contributed by atoms with Crippen molar-refractivity contribution >= 4 is 16.9 Å². The summed E-state index contributed by atoms with van der Waals surface area (Å²) >= 11 is 0. The lowest BCUT2D eigenvalue weighted by Crippen LogP contribution is -2.01. The molecule has 0 aliphatic carbocycles. The number of hydrogen-bond donors (Lipinski definition) is 0. The van der Waals surface area contributed by atoms with Gasteiger partial charge in [0.2, 0.25) is 0 Å². The van der Waals surface area contributed by atoms with Crippen molar-refractivity contribution in [1.82, 2.24) is 4.98 Å². The van der Waals surface area contributed by atoms with Gasteiger partial charge in [-0.2, -0.15) is 0 Å². The van der Waals surface area contributed by atoms with Gasteiger partial charge in [0, 0.05) is 11.6 Å². The normalized spacial score (nSPS) is 9.87. The fraction of sp³-hybridized carbons (Fsp3) is 0. The molecule has 0 aliphatic rings. The molecule has 0 N–H and O–H groups in total. The Balaban J connectivity index is 2.60. The molecule has 0 radical (unpaired) electrons. The Hall–Kier alpha value is -2.16. The number of nitrogens with zero attached hydrogens (tertiary/aromatic N) is 1. The fourth-order valence-corrected chi connectivity index (χ4v) is 1.41. The van der Waals surface area contributed by atoms with E-state index in [0.717, 1.165) is 11.6 Å². The molecule has 0 amide bonds. The molecule has 15 heavy (non-hydrogen) atoms. The second-order valence-electron chi connectivity index (χ2n) is 2.95. The van der Waals surface area contributed by atoms with Crippen molar-refractivity contribution in [3.63, 3.8) is 0 Å². The van der Waals surface area contributed by atoms with Crippen molar-refractivity contribution in [2.75, 3.05) is 0 Å². The first-order valence-electron chi connectivity index (χ1n) is 4.48.